The summed E-state index contributed by atoms with van der Waals surface area (Å²) in [5, 5.41) is 25.0. The van der Waals surface area contributed by atoms with Crippen LogP contribution in [-0.2, 0) is 15.6 Å². The Morgan fingerprint density at radius 1 is 1.13 bits per heavy atom. The second-order valence-electron chi connectivity index (χ2n) is 9.17. The van der Waals surface area contributed by atoms with E-state index in [4.69, 9.17) is 0 Å². The number of sulfonamides is 1. The highest BCUT2D eigenvalue weighted by molar-refractivity contribution is 7.91. The number of benzene rings is 1. The topological polar surface area (TPSA) is 93.1 Å². The molecule has 3 N–H and O–H groups in total. The molecule has 1 saturated heterocycles. The molecule has 0 aliphatic carbocycles. The summed E-state index contributed by atoms with van der Waals surface area (Å²) in [5.74, 6) is 0. The van der Waals surface area contributed by atoms with Crippen molar-refractivity contribution in [2.75, 3.05) is 37.7 Å². The quantitative estimate of drug-likeness (QED) is 0.551. The van der Waals surface area contributed by atoms with Crippen LogP contribution >= 0.6 is 11.3 Å². The summed E-state index contributed by atoms with van der Waals surface area (Å²) in [7, 11) is -3.53. The van der Waals surface area contributed by atoms with E-state index in [1.807, 2.05) is 38.1 Å². The standard InChI is InChI=1S/C22H33N3O4S2/c1-21(2,16-26)23-14-19-15-24(31(28,29)20-6-5-13-30-20)11-12-25(19)18-9-7-17(8-10-18)22(3,4)27/h5-10,13,19,23,26-27H,11-12,14-16H2,1-4H3. The number of aliphatic hydroxyl groups is 2. The number of nitrogens with one attached hydrogen (secondary N) is 1. The largest absolute Gasteiger partial charge is 0.394 e. The maximum absolute atomic E-state index is 13.1. The van der Waals surface area contributed by atoms with E-state index in [0.717, 1.165) is 11.3 Å². The van der Waals surface area contributed by atoms with E-state index < -0.39 is 21.2 Å². The minimum absolute atomic E-state index is 0.0167. The number of piperazine rings is 1. The first-order valence-corrected chi connectivity index (χ1v) is 12.8. The lowest BCUT2D eigenvalue weighted by atomic mass is 9.98. The van der Waals surface area contributed by atoms with E-state index >= 15 is 0 Å². The SMILES string of the molecule is CC(C)(CO)NCC1CN(S(=O)(=O)c2cccs2)CCN1c1ccc(C(C)(C)O)cc1. The predicted molar refractivity (Wildman–Crippen MR) is 125 cm³/mol. The Balaban J connectivity index is 1.85. The van der Waals surface area contributed by atoms with Crippen molar-refractivity contribution in [1.29, 1.82) is 0 Å². The van der Waals surface area contributed by atoms with Crippen molar-refractivity contribution in [3.8, 4) is 0 Å². The molecule has 0 amide bonds. The van der Waals surface area contributed by atoms with Gasteiger partial charge in [-0.05, 0) is 56.8 Å². The van der Waals surface area contributed by atoms with Gasteiger partial charge >= 0.3 is 0 Å². The Bertz CT molecular complexity index is 952. The molecule has 1 aliphatic rings. The highest BCUT2D eigenvalue weighted by Gasteiger charge is 2.35. The first-order valence-electron chi connectivity index (χ1n) is 10.4. The van der Waals surface area contributed by atoms with E-state index in [-0.39, 0.29) is 12.6 Å². The number of nitrogens with zero attached hydrogens (tertiary/aromatic N) is 2. The number of aliphatic hydroxyl groups excluding tert-OH is 1. The molecular weight excluding hydrogens is 434 g/mol. The zero-order chi connectivity index (χ0) is 22.9. The van der Waals surface area contributed by atoms with E-state index in [9.17, 15) is 18.6 Å². The van der Waals surface area contributed by atoms with Gasteiger partial charge in [-0.1, -0.05) is 18.2 Å². The summed E-state index contributed by atoms with van der Waals surface area (Å²) in [6.45, 7) is 9.14. The molecule has 0 saturated carbocycles. The van der Waals surface area contributed by atoms with Crippen LogP contribution in [0, 0.1) is 0 Å². The third kappa shape index (κ3) is 5.66. The number of thiophene rings is 1. The zero-order valence-electron chi connectivity index (χ0n) is 18.6. The van der Waals surface area contributed by atoms with Gasteiger partial charge in [0.05, 0.1) is 18.2 Å². The Hall–Kier alpha value is -1.49. The Morgan fingerprint density at radius 3 is 2.35 bits per heavy atom. The van der Waals surface area contributed by atoms with Gasteiger partial charge in [-0.3, -0.25) is 0 Å². The van der Waals surface area contributed by atoms with E-state index in [2.05, 4.69) is 10.2 Å². The summed E-state index contributed by atoms with van der Waals surface area (Å²) in [6.07, 6.45) is 0. The average molecular weight is 468 g/mol. The van der Waals surface area contributed by atoms with Crippen LogP contribution in [0.3, 0.4) is 0 Å². The van der Waals surface area contributed by atoms with Crippen LogP contribution in [-0.4, -0.2) is 67.3 Å². The second kappa shape index (κ2) is 9.17. The van der Waals surface area contributed by atoms with Gasteiger partial charge in [-0.25, -0.2) is 8.42 Å². The zero-order valence-corrected chi connectivity index (χ0v) is 20.2. The number of rotatable bonds is 8. The fourth-order valence-electron chi connectivity index (χ4n) is 3.61. The van der Waals surface area contributed by atoms with Crippen molar-refractivity contribution in [2.24, 2.45) is 0 Å². The molecule has 172 valence electrons. The van der Waals surface area contributed by atoms with Crippen LogP contribution in [0.5, 0.6) is 0 Å². The van der Waals surface area contributed by atoms with Crippen LogP contribution < -0.4 is 10.2 Å². The summed E-state index contributed by atoms with van der Waals surface area (Å²) in [6, 6.07) is 11.0. The molecule has 0 spiro atoms. The fraction of sp³-hybridized carbons (Fsp3) is 0.545. The third-order valence-electron chi connectivity index (χ3n) is 5.65. The van der Waals surface area contributed by atoms with Crippen molar-refractivity contribution in [2.45, 2.75) is 49.1 Å². The number of anilines is 1. The molecule has 2 heterocycles. The Morgan fingerprint density at radius 2 is 1.81 bits per heavy atom. The van der Waals surface area contributed by atoms with Crippen molar-refractivity contribution in [3.63, 3.8) is 0 Å². The normalized spacial score (nSPS) is 19.0. The lowest BCUT2D eigenvalue weighted by molar-refractivity contribution is 0.0786. The molecule has 1 atom stereocenters. The van der Waals surface area contributed by atoms with E-state index in [1.54, 1.807) is 35.7 Å². The molecule has 2 aromatic rings. The molecule has 1 aliphatic heterocycles. The highest BCUT2D eigenvalue weighted by Crippen LogP contribution is 2.28. The number of hydrogen-bond acceptors (Lipinski definition) is 7. The van der Waals surface area contributed by atoms with Crippen molar-refractivity contribution in [3.05, 3.63) is 47.3 Å². The maximum Gasteiger partial charge on any atom is 0.252 e. The Labute approximate surface area is 189 Å². The lowest BCUT2D eigenvalue weighted by Gasteiger charge is -2.43. The first-order chi connectivity index (χ1) is 14.4. The van der Waals surface area contributed by atoms with Crippen molar-refractivity contribution < 1.29 is 18.6 Å². The lowest BCUT2D eigenvalue weighted by Crippen LogP contribution is -2.60. The van der Waals surface area contributed by atoms with Gasteiger partial charge in [0.1, 0.15) is 4.21 Å². The van der Waals surface area contributed by atoms with E-state index in [0.29, 0.717) is 30.4 Å². The fourth-order valence-corrected chi connectivity index (χ4v) is 6.22. The average Bonchev–Trinajstić information content (AvgIpc) is 3.27. The maximum atomic E-state index is 13.1. The van der Waals surface area contributed by atoms with Gasteiger partial charge in [0, 0.05) is 37.4 Å². The van der Waals surface area contributed by atoms with E-state index in [1.165, 1.54) is 11.3 Å². The van der Waals surface area contributed by atoms with Crippen LogP contribution in [0.2, 0.25) is 0 Å². The summed E-state index contributed by atoms with van der Waals surface area (Å²) >= 11 is 1.23. The summed E-state index contributed by atoms with van der Waals surface area (Å²) < 4.78 is 28.1. The predicted octanol–water partition coefficient (Wildman–Crippen LogP) is 2.22. The van der Waals surface area contributed by atoms with Crippen LogP contribution in [0.25, 0.3) is 0 Å². The summed E-state index contributed by atoms with van der Waals surface area (Å²) in [4.78, 5) is 2.20. The van der Waals surface area contributed by atoms with Gasteiger partial charge in [-0.2, -0.15) is 4.31 Å². The highest BCUT2D eigenvalue weighted by atomic mass is 32.2. The van der Waals surface area contributed by atoms with Crippen LogP contribution in [0.4, 0.5) is 5.69 Å². The molecule has 9 heteroatoms. The first kappa shape index (κ1) is 24.2. The van der Waals surface area contributed by atoms with Gasteiger partial charge in [-0.15, -0.1) is 11.3 Å². The van der Waals surface area contributed by atoms with Crippen LogP contribution in [0.15, 0.2) is 46.0 Å². The molecule has 0 radical (unpaired) electrons. The van der Waals surface area contributed by atoms with Crippen molar-refractivity contribution in [1.82, 2.24) is 9.62 Å². The number of hydrogen-bond donors (Lipinski definition) is 3. The van der Waals surface area contributed by atoms with Gasteiger partial charge < -0.3 is 20.4 Å². The second-order valence-corrected chi connectivity index (χ2v) is 12.3. The molecular formula is C22H33N3O4S2. The van der Waals surface area contributed by atoms with Gasteiger partial charge in [0.2, 0.25) is 0 Å². The van der Waals surface area contributed by atoms with Gasteiger partial charge in [0.25, 0.3) is 10.0 Å². The molecule has 1 aromatic heterocycles. The van der Waals surface area contributed by atoms with Crippen molar-refractivity contribution >= 4 is 27.0 Å². The third-order valence-corrected chi connectivity index (χ3v) is 8.89. The van der Waals surface area contributed by atoms with Crippen LogP contribution in [0.1, 0.15) is 33.3 Å². The molecule has 1 aromatic carbocycles. The smallest absolute Gasteiger partial charge is 0.252 e. The minimum atomic E-state index is -3.53. The molecule has 0 bridgehead atoms. The Kier molecular flexibility index (Phi) is 7.15. The molecule has 3 rings (SSSR count). The molecule has 1 fully saturated rings. The summed E-state index contributed by atoms with van der Waals surface area (Å²) in [5.41, 5.74) is 0.421. The molecule has 31 heavy (non-hydrogen) atoms. The monoisotopic (exact) mass is 467 g/mol. The molecule has 1 unspecified atom stereocenters. The molecule has 7 nitrogen and oxygen atoms in total. The minimum Gasteiger partial charge on any atom is -0.394 e. The van der Waals surface area contributed by atoms with Gasteiger partial charge in [0.15, 0.2) is 0 Å².